The van der Waals surface area contributed by atoms with E-state index in [1.54, 1.807) is 0 Å². The SMILES string of the molecule is CCCc1c(C)[nH]c(C(=O)OCC)c1CC. The number of carbonyl (C=O) groups is 1. The molecule has 1 aromatic rings. The van der Waals surface area contributed by atoms with Crippen molar-refractivity contribution in [2.45, 2.75) is 47.0 Å². The molecule has 3 heteroatoms. The first kappa shape index (κ1) is 12.8. The van der Waals surface area contributed by atoms with Crippen molar-refractivity contribution in [3.8, 4) is 0 Å². The Morgan fingerprint density at radius 2 is 1.94 bits per heavy atom. The van der Waals surface area contributed by atoms with E-state index in [2.05, 4.69) is 18.8 Å². The van der Waals surface area contributed by atoms with Gasteiger partial charge in [0.2, 0.25) is 0 Å². The first-order chi connectivity index (χ1) is 7.65. The van der Waals surface area contributed by atoms with Crippen molar-refractivity contribution in [1.82, 2.24) is 4.98 Å². The van der Waals surface area contributed by atoms with Gasteiger partial charge in [0, 0.05) is 5.69 Å². The highest BCUT2D eigenvalue weighted by Gasteiger charge is 2.19. The van der Waals surface area contributed by atoms with Crippen LogP contribution >= 0.6 is 0 Å². The van der Waals surface area contributed by atoms with Crippen molar-refractivity contribution in [3.05, 3.63) is 22.5 Å². The number of hydrogen-bond acceptors (Lipinski definition) is 2. The fourth-order valence-electron chi connectivity index (χ4n) is 2.07. The summed E-state index contributed by atoms with van der Waals surface area (Å²) in [6.07, 6.45) is 2.98. The number of aromatic nitrogens is 1. The van der Waals surface area contributed by atoms with Crippen LogP contribution in [0.15, 0.2) is 0 Å². The van der Waals surface area contributed by atoms with Gasteiger partial charge in [-0.2, -0.15) is 0 Å². The summed E-state index contributed by atoms with van der Waals surface area (Å²) in [4.78, 5) is 14.9. The Labute approximate surface area is 97.2 Å². The average molecular weight is 223 g/mol. The molecule has 0 unspecified atom stereocenters. The topological polar surface area (TPSA) is 42.1 Å². The molecular formula is C13H21NO2. The first-order valence-corrected chi connectivity index (χ1v) is 6.03. The number of aromatic amines is 1. The Kier molecular flexibility index (Phi) is 4.59. The van der Waals surface area contributed by atoms with Crippen LogP contribution < -0.4 is 0 Å². The number of hydrogen-bond donors (Lipinski definition) is 1. The van der Waals surface area contributed by atoms with Crippen molar-refractivity contribution in [3.63, 3.8) is 0 Å². The molecule has 1 N–H and O–H groups in total. The Morgan fingerprint density at radius 3 is 2.44 bits per heavy atom. The number of H-pyrrole nitrogens is 1. The molecule has 0 aromatic carbocycles. The molecule has 90 valence electrons. The summed E-state index contributed by atoms with van der Waals surface area (Å²) in [7, 11) is 0. The van der Waals surface area contributed by atoms with E-state index in [9.17, 15) is 4.79 Å². The second-order valence-corrected chi connectivity index (χ2v) is 3.91. The van der Waals surface area contributed by atoms with E-state index in [4.69, 9.17) is 4.74 Å². The Balaban J connectivity index is 3.09. The second-order valence-electron chi connectivity index (χ2n) is 3.91. The van der Waals surface area contributed by atoms with Gasteiger partial charge in [0.15, 0.2) is 0 Å². The van der Waals surface area contributed by atoms with E-state index in [1.165, 1.54) is 5.56 Å². The van der Waals surface area contributed by atoms with Gasteiger partial charge in [0.1, 0.15) is 5.69 Å². The molecule has 0 aliphatic rings. The summed E-state index contributed by atoms with van der Waals surface area (Å²) in [5, 5.41) is 0. The lowest BCUT2D eigenvalue weighted by atomic mass is 10.0. The van der Waals surface area contributed by atoms with Gasteiger partial charge in [-0.15, -0.1) is 0 Å². The molecule has 3 nitrogen and oxygen atoms in total. The number of ether oxygens (including phenoxy) is 1. The summed E-state index contributed by atoms with van der Waals surface area (Å²) in [6.45, 7) is 8.49. The molecule has 0 saturated carbocycles. The van der Waals surface area contributed by atoms with Crippen LogP contribution in [0.4, 0.5) is 0 Å². The van der Waals surface area contributed by atoms with Crippen molar-refractivity contribution in [2.24, 2.45) is 0 Å². The van der Waals surface area contributed by atoms with E-state index < -0.39 is 0 Å². The fraction of sp³-hybridized carbons (Fsp3) is 0.615. The molecule has 0 atom stereocenters. The largest absolute Gasteiger partial charge is 0.461 e. The van der Waals surface area contributed by atoms with Crippen LogP contribution in [-0.4, -0.2) is 17.6 Å². The third kappa shape index (κ3) is 2.46. The first-order valence-electron chi connectivity index (χ1n) is 6.03. The molecule has 0 aliphatic carbocycles. The van der Waals surface area contributed by atoms with Crippen LogP contribution in [0.3, 0.4) is 0 Å². The van der Waals surface area contributed by atoms with Crippen LogP contribution in [0, 0.1) is 6.92 Å². The Hall–Kier alpha value is -1.25. The van der Waals surface area contributed by atoms with Gasteiger partial charge in [-0.3, -0.25) is 0 Å². The van der Waals surface area contributed by atoms with Crippen molar-refractivity contribution >= 4 is 5.97 Å². The van der Waals surface area contributed by atoms with Gasteiger partial charge >= 0.3 is 5.97 Å². The van der Waals surface area contributed by atoms with E-state index in [0.717, 1.165) is 30.5 Å². The minimum Gasteiger partial charge on any atom is -0.461 e. The standard InChI is InChI=1S/C13H21NO2/c1-5-8-11-9(4)14-12(10(11)6-2)13(15)16-7-3/h14H,5-8H2,1-4H3. The monoisotopic (exact) mass is 223 g/mol. The van der Waals surface area contributed by atoms with Gasteiger partial charge in [0.25, 0.3) is 0 Å². The Morgan fingerprint density at radius 1 is 1.25 bits per heavy atom. The summed E-state index contributed by atoms with van der Waals surface area (Å²) in [6, 6.07) is 0. The van der Waals surface area contributed by atoms with Crippen molar-refractivity contribution in [2.75, 3.05) is 6.61 Å². The average Bonchev–Trinajstić information content (AvgIpc) is 2.57. The highest BCUT2D eigenvalue weighted by molar-refractivity contribution is 5.90. The van der Waals surface area contributed by atoms with Gasteiger partial charge < -0.3 is 9.72 Å². The van der Waals surface area contributed by atoms with Gasteiger partial charge in [-0.25, -0.2) is 4.79 Å². The van der Waals surface area contributed by atoms with E-state index in [-0.39, 0.29) is 5.97 Å². The number of aryl methyl sites for hydroxylation is 1. The highest BCUT2D eigenvalue weighted by Crippen LogP contribution is 2.21. The molecule has 0 saturated heterocycles. The fourth-order valence-corrected chi connectivity index (χ4v) is 2.07. The maximum absolute atomic E-state index is 11.7. The van der Waals surface area contributed by atoms with E-state index >= 15 is 0 Å². The zero-order chi connectivity index (χ0) is 12.1. The lowest BCUT2D eigenvalue weighted by Crippen LogP contribution is -2.08. The van der Waals surface area contributed by atoms with Crippen LogP contribution in [0.25, 0.3) is 0 Å². The van der Waals surface area contributed by atoms with Gasteiger partial charge in [-0.1, -0.05) is 20.3 Å². The highest BCUT2D eigenvalue weighted by atomic mass is 16.5. The van der Waals surface area contributed by atoms with Crippen LogP contribution in [0.1, 0.15) is 54.5 Å². The minimum absolute atomic E-state index is 0.232. The summed E-state index contributed by atoms with van der Waals surface area (Å²) < 4.78 is 5.05. The molecule has 0 spiro atoms. The molecule has 0 radical (unpaired) electrons. The zero-order valence-electron chi connectivity index (χ0n) is 10.6. The number of nitrogens with one attached hydrogen (secondary N) is 1. The van der Waals surface area contributed by atoms with Crippen molar-refractivity contribution in [1.29, 1.82) is 0 Å². The lowest BCUT2D eigenvalue weighted by molar-refractivity contribution is 0.0519. The van der Waals surface area contributed by atoms with Crippen LogP contribution in [0.2, 0.25) is 0 Å². The Bertz CT molecular complexity index is 366. The predicted octanol–water partition coefficient (Wildman–Crippen LogP) is 3.01. The third-order valence-electron chi connectivity index (χ3n) is 2.76. The molecule has 1 aromatic heterocycles. The molecule has 0 fully saturated rings. The van der Waals surface area contributed by atoms with E-state index in [1.807, 2.05) is 13.8 Å². The number of rotatable bonds is 5. The molecule has 0 amide bonds. The predicted molar refractivity (Wildman–Crippen MR) is 64.9 cm³/mol. The third-order valence-corrected chi connectivity index (χ3v) is 2.76. The molecule has 16 heavy (non-hydrogen) atoms. The van der Waals surface area contributed by atoms with Gasteiger partial charge in [0.05, 0.1) is 6.61 Å². The lowest BCUT2D eigenvalue weighted by Gasteiger charge is -2.04. The summed E-state index contributed by atoms with van der Waals surface area (Å²) in [5.41, 5.74) is 4.15. The summed E-state index contributed by atoms with van der Waals surface area (Å²) >= 11 is 0. The number of esters is 1. The molecule has 1 heterocycles. The maximum atomic E-state index is 11.7. The second kappa shape index (κ2) is 5.73. The molecular weight excluding hydrogens is 202 g/mol. The minimum atomic E-state index is -0.232. The van der Waals surface area contributed by atoms with Crippen molar-refractivity contribution < 1.29 is 9.53 Å². The molecule has 0 aliphatic heterocycles. The quantitative estimate of drug-likeness (QED) is 0.780. The molecule has 1 rings (SSSR count). The zero-order valence-corrected chi connectivity index (χ0v) is 10.6. The smallest absolute Gasteiger partial charge is 0.355 e. The van der Waals surface area contributed by atoms with Crippen LogP contribution in [-0.2, 0) is 17.6 Å². The summed E-state index contributed by atoms with van der Waals surface area (Å²) in [5.74, 6) is -0.232. The van der Waals surface area contributed by atoms with Gasteiger partial charge in [-0.05, 0) is 37.8 Å². The normalized spacial score (nSPS) is 10.5. The molecule has 0 bridgehead atoms. The van der Waals surface area contributed by atoms with E-state index in [0.29, 0.717) is 12.3 Å². The van der Waals surface area contributed by atoms with Crippen LogP contribution in [0.5, 0.6) is 0 Å². The number of carbonyl (C=O) groups excluding carboxylic acids is 1. The maximum Gasteiger partial charge on any atom is 0.355 e.